The first kappa shape index (κ1) is 20.4. The van der Waals surface area contributed by atoms with Gasteiger partial charge in [-0.2, -0.15) is 0 Å². The summed E-state index contributed by atoms with van der Waals surface area (Å²) in [5.74, 6) is 0. The third-order valence-corrected chi connectivity index (χ3v) is 5.02. The number of halogens is 4. The van der Waals surface area contributed by atoms with Gasteiger partial charge in [0.15, 0.2) is 0 Å². The van der Waals surface area contributed by atoms with Crippen molar-refractivity contribution in [2.75, 3.05) is 5.73 Å². The minimum Gasteiger partial charge on any atom is -0.398 e. The van der Waals surface area contributed by atoms with E-state index in [2.05, 4.69) is 9.97 Å². The molecule has 0 radical (unpaired) electrons. The average molecular weight is 456 g/mol. The first-order valence-corrected chi connectivity index (χ1v) is 9.17. The zero-order valence-corrected chi connectivity index (χ0v) is 16.9. The first-order valence-electron chi connectivity index (χ1n) is 7.66. The zero-order valence-electron chi connectivity index (χ0n) is 13.9. The summed E-state index contributed by atoms with van der Waals surface area (Å²) in [6.45, 7) is 0. The molecule has 2 aromatic heterocycles. The first-order chi connectivity index (χ1) is 13.3. The monoisotopic (exact) mass is 454 g/mol. The van der Waals surface area contributed by atoms with Crippen molar-refractivity contribution in [2.24, 2.45) is 0 Å². The number of hydrogen-bond donors (Lipinski definition) is 1. The van der Waals surface area contributed by atoms with Gasteiger partial charge in [-0.1, -0.05) is 70.7 Å². The Bertz CT molecular complexity index is 1210. The summed E-state index contributed by atoms with van der Waals surface area (Å²) >= 11 is 23.5. The summed E-state index contributed by atoms with van der Waals surface area (Å²) in [6, 6.07) is 10.0. The maximum absolute atomic E-state index is 10.8. The van der Waals surface area contributed by atoms with Gasteiger partial charge >= 0.3 is 0 Å². The highest BCUT2D eigenvalue weighted by Gasteiger charge is 2.16. The second-order valence-corrected chi connectivity index (χ2v) is 7.05. The SMILES string of the molecule is Nc1cccc2c(Cl)ncc(Cl)c12.O=[N+]([O-])c1cccc2c(Cl)ncc(Cl)c12. The van der Waals surface area contributed by atoms with Gasteiger partial charge in [0.25, 0.3) is 5.69 Å². The molecule has 10 heteroatoms. The predicted octanol–water partition coefficient (Wildman–Crippen LogP) is 6.57. The lowest BCUT2D eigenvalue weighted by atomic mass is 10.1. The van der Waals surface area contributed by atoms with E-state index in [4.69, 9.17) is 52.1 Å². The van der Waals surface area contributed by atoms with Gasteiger partial charge in [0.1, 0.15) is 10.3 Å². The molecule has 2 aromatic carbocycles. The van der Waals surface area contributed by atoms with E-state index < -0.39 is 4.92 Å². The molecular weight excluding hydrogens is 446 g/mol. The number of non-ortho nitro benzene ring substituents is 1. The van der Waals surface area contributed by atoms with E-state index in [0.29, 0.717) is 26.6 Å². The Labute approximate surface area is 179 Å². The van der Waals surface area contributed by atoms with Gasteiger partial charge in [-0.05, 0) is 6.07 Å². The second kappa shape index (κ2) is 8.32. The van der Waals surface area contributed by atoms with Crippen LogP contribution in [-0.4, -0.2) is 14.9 Å². The van der Waals surface area contributed by atoms with Crippen molar-refractivity contribution in [3.63, 3.8) is 0 Å². The summed E-state index contributed by atoms with van der Waals surface area (Å²) in [6.07, 6.45) is 2.81. The lowest BCUT2D eigenvalue weighted by Crippen LogP contribution is -1.91. The van der Waals surface area contributed by atoms with Gasteiger partial charge in [-0.3, -0.25) is 10.1 Å². The third-order valence-electron chi connectivity index (χ3n) is 3.84. The number of fused-ring (bicyclic) bond motifs is 2. The number of nitro groups is 1. The Morgan fingerprint density at radius 1 is 0.821 bits per heavy atom. The molecule has 4 rings (SSSR count). The van der Waals surface area contributed by atoms with E-state index in [-0.39, 0.29) is 15.9 Å². The molecule has 2 heterocycles. The molecule has 0 aliphatic rings. The minimum atomic E-state index is -0.495. The topological polar surface area (TPSA) is 94.9 Å². The minimum absolute atomic E-state index is 0.0678. The van der Waals surface area contributed by atoms with E-state index in [1.54, 1.807) is 18.2 Å². The molecule has 0 aliphatic carbocycles. The van der Waals surface area contributed by atoms with Gasteiger partial charge in [0.2, 0.25) is 0 Å². The van der Waals surface area contributed by atoms with Crippen molar-refractivity contribution >= 4 is 79.3 Å². The van der Waals surface area contributed by atoms with E-state index in [9.17, 15) is 10.1 Å². The zero-order chi connectivity index (χ0) is 20.4. The van der Waals surface area contributed by atoms with Gasteiger partial charge in [-0.15, -0.1) is 0 Å². The van der Waals surface area contributed by atoms with Crippen LogP contribution in [0.1, 0.15) is 0 Å². The Morgan fingerprint density at radius 3 is 1.86 bits per heavy atom. The van der Waals surface area contributed by atoms with Crippen LogP contribution in [0.5, 0.6) is 0 Å². The van der Waals surface area contributed by atoms with Crippen molar-refractivity contribution in [3.05, 3.63) is 79.3 Å². The Balaban J connectivity index is 0.000000162. The highest BCUT2D eigenvalue weighted by molar-refractivity contribution is 6.40. The highest BCUT2D eigenvalue weighted by atomic mass is 35.5. The standard InChI is InChI=1S/C9H4Cl2N2O2.C9H6Cl2N2/c10-6-4-12-9(11)5-2-1-3-7(8(5)6)13(14)15;10-6-4-13-9(11)5-2-1-3-7(12)8(5)6/h1-4H;1-4H,12H2. The third kappa shape index (κ3) is 3.91. The van der Waals surface area contributed by atoms with E-state index in [1.165, 1.54) is 18.5 Å². The molecule has 0 fully saturated rings. The van der Waals surface area contributed by atoms with Crippen molar-refractivity contribution < 1.29 is 4.92 Å². The van der Waals surface area contributed by atoms with E-state index >= 15 is 0 Å². The van der Waals surface area contributed by atoms with Crippen LogP contribution >= 0.6 is 46.4 Å². The van der Waals surface area contributed by atoms with Gasteiger partial charge in [0, 0.05) is 40.3 Å². The normalized spacial score (nSPS) is 10.6. The van der Waals surface area contributed by atoms with Crippen molar-refractivity contribution in [1.82, 2.24) is 9.97 Å². The van der Waals surface area contributed by atoms with Gasteiger partial charge < -0.3 is 5.73 Å². The summed E-state index contributed by atoms with van der Waals surface area (Å²) < 4.78 is 0. The molecule has 0 unspecified atom stereocenters. The Hall–Kier alpha value is -2.38. The molecule has 142 valence electrons. The molecule has 6 nitrogen and oxygen atoms in total. The van der Waals surface area contributed by atoms with Crippen LogP contribution in [0.15, 0.2) is 48.8 Å². The number of benzene rings is 2. The molecule has 0 amide bonds. The smallest absolute Gasteiger partial charge is 0.278 e. The number of rotatable bonds is 1. The van der Waals surface area contributed by atoms with Crippen molar-refractivity contribution in [2.45, 2.75) is 0 Å². The predicted molar refractivity (Wildman–Crippen MR) is 115 cm³/mol. The van der Waals surface area contributed by atoms with Crippen LogP contribution < -0.4 is 5.73 Å². The quantitative estimate of drug-likeness (QED) is 0.151. The summed E-state index contributed by atoms with van der Waals surface area (Å²) in [5.41, 5.74) is 6.30. The fourth-order valence-electron chi connectivity index (χ4n) is 2.62. The summed E-state index contributed by atoms with van der Waals surface area (Å²) in [5, 5.41) is 14.5. The van der Waals surface area contributed by atoms with E-state index in [0.717, 1.165) is 10.8 Å². The molecule has 2 N–H and O–H groups in total. The maximum atomic E-state index is 10.8. The molecule has 0 atom stereocenters. The summed E-state index contributed by atoms with van der Waals surface area (Å²) in [7, 11) is 0. The molecule has 0 spiro atoms. The average Bonchev–Trinajstić information content (AvgIpc) is 2.68. The van der Waals surface area contributed by atoms with Crippen LogP contribution in [0.2, 0.25) is 20.4 Å². The number of nitro benzene ring substituents is 1. The number of aromatic nitrogens is 2. The van der Waals surface area contributed by atoms with Crippen molar-refractivity contribution in [1.29, 1.82) is 0 Å². The number of hydrogen-bond acceptors (Lipinski definition) is 5. The Kier molecular flexibility index (Phi) is 6.05. The molecular formula is C18H10Cl4N4O2. The molecule has 28 heavy (non-hydrogen) atoms. The lowest BCUT2D eigenvalue weighted by Gasteiger charge is -2.04. The van der Waals surface area contributed by atoms with Crippen LogP contribution in [-0.2, 0) is 0 Å². The fourth-order valence-corrected chi connectivity index (χ4v) is 3.54. The lowest BCUT2D eigenvalue weighted by molar-refractivity contribution is -0.383. The second-order valence-electron chi connectivity index (χ2n) is 5.52. The van der Waals surface area contributed by atoms with E-state index in [1.807, 2.05) is 12.1 Å². The molecule has 0 saturated heterocycles. The molecule has 0 aliphatic heterocycles. The molecule has 4 aromatic rings. The van der Waals surface area contributed by atoms with Crippen LogP contribution in [0.4, 0.5) is 11.4 Å². The number of nitrogens with zero attached hydrogens (tertiary/aromatic N) is 3. The number of pyridine rings is 2. The van der Waals surface area contributed by atoms with Gasteiger partial charge in [-0.25, -0.2) is 9.97 Å². The maximum Gasteiger partial charge on any atom is 0.278 e. The van der Waals surface area contributed by atoms with Crippen LogP contribution in [0.25, 0.3) is 21.5 Å². The number of anilines is 1. The summed E-state index contributed by atoms with van der Waals surface area (Å²) in [4.78, 5) is 18.0. The van der Waals surface area contributed by atoms with Crippen molar-refractivity contribution in [3.8, 4) is 0 Å². The van der Waals surface area contributed by atoms with Crippen LogP contribution in [0.3, 0.4) is 0 Å². The molecule has 0 saturated carbocycles. The Morgan fingerprint density at radius 2 is 1.32 bits per heavy atom. The van der Waals surface area contributed by atoms with Crippen LogP contribution in [0, 0.1) is 10.1 Å². The molecule has 0 bridgehead atoms. The number of nitrogens with two attached hydrogens (primary N) is 1. The largest absolute Gasteiger partial charge is 0.398 e. The number of nitrogen functional groups attached to an aromatic ring is 1. The highest BCUT2D eigenvalue weighted by Crippen LogP contribution is 2.34. The van der Waals surface area contributed by atoms with Gasteiger partial charge in [0.05, 0.1) is 20.4 Å². The fraction of sp³-hybridized carbons (Fsp3) is 0.